The molecule has 1 N–H and O–H groups in total. The fraction of sp³-hybridized carbons (Fsp3) is 0.304. The number of hydrogen-bond acceptors (Lipinski definition) is 4. The van der Waals surface area contributed by atoms with E-state index in [-0.39, 0.29) is 5.91 Å². The van der Waals surface area contributed by atoms with E-state index in [1.54, 1.807) is 0 Å². The number of carbonyl (C=O) groups is 1. The molecule has 0 bridgehead atoms. The summed E-state index contributed by atoms with van der Waals surface area (Å²) in [5.41, 5.74) is 2.05. The van der Waals surface area contributed by atoms with Gasteiger partial charge in [0.1, 0.15) is 11.5 Å². The molecule has 2 aromatic carbocycles. The fourth-order valence-electron chi connectivity index (χ4n) is 2.97. The topological polar surface area (TPSA) is 60.5 Å². The second-order valence-corrected chi connectivity index (χ2v) is 7.24. The van der Waals surface area contributed by atoms with Crippen molar-refractivity contribution in [1.29, 1.82) is 0 Å². The lowest BCUT2D eigenvalue weighted by molar-refractivity contribution is -0.118. The maximum absolute atomic E-state index is 11.0. The van der Waals surface area contributed by atoms with E-state index in [0.29, 0.717) is 12.4 Å². The summed E-state index contributed by atoms with van der Waals surface area (Å²) in [6.07, 6.45) is 3.36. The van der Waals surface area contributed by atoms with Crippen LogP contribution < -0.4 is 14.8 Å². The summed E-state index contributed by atoms with van der Waals surface area (Å²) in [5, 5.41) is 3.87. The van der Waals surface area contributed by atoms with Gasteiger partial charge in [-0.1, -0.05) is 6.07 Å². The van der Waals surface area contributed by atoms with E-state index in [1.165, 1.54) is 25.3 Å². The number of hydrogen-bond donors (Lipinski definition) is 1. The van der Waals surface area contributed by atoms with Crippen LogP contribution in [-0.2, 0) is 11.2 Å². The molecule has 1 aromatic heterocycles. The normalized spacial score (nSPS) is 13.3. The SMILES string of the molecule is CC(=O)NCCc1ccc2nc(Oc3ccc(OCC4CC4)cc3)ccc2c1. The molecule has 1 fully saturated rings. The summed E-state index contributed by atoms with van der Waals surface area (Å²) in [6.45, 7) is 2.97. The van der Waals surface area contributed by atoms with E-state index in [1.807, 2.05) is 48.5 Å². The van der Waals surface area contributed by atoms with Gasteiger partial charge in [0.25, 0.3) is 0 Å². The number of aromatic nitrogens is 1. The molecule has 0 aliphatic heterocycles. The summed E-state index contributed by atoms with van der Waals surface area (Å²) >= 11 is 0. The van der Waals surface area contributed by atoms with E-state index >= 15 is 0 Å². The second kappa shape index (κ2) is 8.30. The summed E-state index contributed by atoms with van der Waals surface area (Å²) in [4.78, 5) is 15.6. The standard InChI is InChI=1S/C23H24N2O3/c1-16(26)24-13-12-17-4-10-22-19(14-17)5-11-23(25-22)28-21-8-6-20(7-9-21)27-15-18-2-3-18/h4-11,14,18H,2-3,12-13,15H2,1H3,(H,24,26). The van der Waals surface area contributed by atoms with Crippen LogP contribution >= 0.6 is 0 Å². The zero-order valence-corrected chi connectivity index (χ0v) is 16.0. The molecule has 1 aliphatic rings. The molecule has 0 spiro atoms. The number of ether oxygens (including phenoxy) is 2. The van der Waals surface area contributed by atoms with E-state index in [4.69, 9.17) is 9.47 Å². The maximum Gasteiger partial charge on any atom is 0.219 e. The lowest BCUT2D eigenvalue weighted by Crippen LogP contribution is -2.22. The molecule has 5 heteroatoms. The second-order valence-electron chi connectivity index (χ2n) is 7.24. The van der Waals surface area contributed by atoms with Crippen LogP contribution in [0.5, 0.6) is 17.4 Å². The number of nitrogens with zero attached hydrogens (tertiary/aromatic N) is 1. The van der Waals surface area contributed by atoms with Gasteiger partial charge in [0.2, 0.25) is 11.8 Å². The Bertz CT molecular complexity index is 965. The number of amides is 1. The Morgan fingerprint density at radius 2 is 1.86 bits per heavy atom. The Morgan fingerprint density at radius 3 is 2.61 bits per heavy atom. The quantitative estimate of drug-likeness (QED) is 0.629. The molecule has 1 heterocycles. The van der Waals surface area contributed by atoms with Gasteiger partial charge < -0.3 is 14.8 Å². The zero-order valence-electron chi connectivity index (χ0n) is 16.0. The minimum atomic E-state index is -0.00763. The average Bonchev–Trinajstić information content (AvgIpc) is 3.52. The van der Waals surface area contributed by atoms with Gasteiger partial charge in [0.15, 0.2) is 0 Å². The molecule has 4 rings (SSSR count). The summed E-state index contributed by atoms with van der Waals surface area (Å²) in [6, 6.07) is 17.7. The van der Waals surface area contributed by atoms with Gasteiger partial charge in [0.05, 0.1) is 12.1 Å². The number of fused-ring (bicyclic) bond motifs is 1. The Labute approximate surface area is 164 Å². The highest BCUT2D eigenvalue weighted by molar-refractivity contribution is 5.80. The molecular formula is C23H24N2O3. The molecule has 1 aliphatic carbocycles. The monoisotopic (exact) mass is 376 g/mol. The van der Waals surface area contributed by atoms with Gasteiger partial charge in [-0.3, -0.25) is 4.79 Å². The fourth-order valence-corrected chi connectivity index (χ4v) is 2.97. The largest absolute Gasteiger partial charge is 0.493 e. The molecule has 0 radical (unpaired) electrons. The Kier molecular flexibility index (Phi) is 5.42. The van der Waals surface area contributed by atoms with Crippen LogP contribution in [0.4, 0.5) is 0 Å². The van der Waals surface area contributed by atoms with Crippen molar-refractivity contribution in [2.75, 3.05) is 13.2 Å². The minimum absolute atomic E-state index is 0.00763. The van der Waals surface area contributed by atoms with Gasteiger partial charge in [-0.15, -0.1) is 0 Å². The first-order chi connectivity index (χ1) is 13.7. The number of pyridine rings is 1. The minimum Gasteiger partial charge on any atom is -0.493 e. The average molecular weight is 376 g/mol. The third kappa shape index (κ3) is 5.00. The van der Waals surface area contributed by atoms with E-state index in [0.717, 1.165) is 41.3 Å². The van der Waals surface area contributed by atoms with E-state index in [9.17, 15) is 4.79 Å². The van der Waals surface area contributed by atoms with Gasteiger partial charge in [-0.25, -0.2) is 4.98 Å². The van der Waals surface area contributed by atoms with Crippen molar-refractivity contribution in [3.8, 4) is 17.4 Å². The first-order valence-corrected chi connectivity index (χ1v) is 9.70. The van der Waals surface area contributed by atoms with Gasteiger partial charge in [-0.05, 0) is 73.2 Å². The highest BCUT2D eigenvalue weighted by Gasteiger charge is 2.21. The van der Waals surface area contributed by atoms with Crippen LogP contribution in [0, 0.1) is 5.92 Å². The van der Waals surface area contributed by atoms with Crippen LogP contribution in [0.3, 0.4) is 0 Å². The van der Waals surface area contributed by atoms with Crippen molar-refractivity contribution >= 4 is 16.8 Å². The van der Waals surface area contributed by atoms with Gasteiger partial charge >= 0.3 is 0 Å². The van der Waals surface area contributed by atoms with Crippen molar-refractivity contribution in [1.82, 2.24) is 10.3 Å². The number of benzene rings is 2. The maximum atomic E-state index is 11.0. The van der Waals surface area contributed by atoms with Crippen LogP contribution in [0.25, 0.3) is 10.9 Å². The van der Waals surface area contributed by atoms with Crippen molar-refractivity contribution in [2.45, 2.75) is 26.2 Å². The molecule has 0 atom stereocenters. The van der Waals surface area contributed by atoms with Gasteiger partial charge in [-0.2, -0.15) is 0 Å². The van der Waals surface area contributed by atoms with Crippen molar-refractivity contribution in [3.05, 3.63) is 60.2 Å². The van der Waals surface area contributed by atoms with Crippen LogP contribution in [0.1, 0.15) is 25.3 Å². The predicted molar refractivity (Wildman–Crippen MR) is 109 cm³/mol. The van der Waals surface area contributed by atoms with Crippen molar-refractivity contribution in [3.63, 3.8) is 0 Å². The molecule has 5 nitrogen and oxygen atoms in total. The molecule has 0 saturated heterocycles. The van der Waals surface area contributed by atoms with Crippen LogP contribution in [-0.4, -0.2) is 24.0 Å². The lowest BCUT2D eigenvalue weighted by Gasteiger charge is -2.09. The van der Waals surface area contributed by atoms with Gasteiger partial charge in [0, 0.05) is 24.9 Å². The highest BCUT2D eigenvalue weighted by atomic mass is 16.5. The highest BCUT2D eigenvalue weighted by Crippen LogP contribution is 2.30. The molecular weight excluding hydrogens is 352 g/mol. The molecule has 1 saturated carbocycles. The predicted octanol–water partition coefficient (Wildman–Crippen LogP) is 4.49. The van der Waals surface area contributed by atoms with Crippen molar-refractivity contribution in [2.24, 2.45) is 5.92 Å². The summed E-state index contributed by atoms with van der Waals surface area (Å²) in [5.74, 6) is 2.90. The van der Waals surface area contributed by atoms with Crippen LogP contribution in [0.2, 0.25) is 0 Å². The third-order valence-electron chi connectivity index (χ3n) is 4.74. The number of rotatable bonds is 8. The Morgan fingerprint density at radius 1 is 1.07 bits per heavy atom. The Hall–Kier alpha value is -3.08. The third-order valence-corrected chi connectivity index (χ3v) is 4.74. The molecule has 1 amide bonds. The molecule has 0 unspecified atom stereocenters. The van der Waals surface area contributed by atoms with Crippen molar-refractivity contribution < 1.29 is 14.3 Å². The smallest absolute Gasteiger partial charge is 0.219 e. The first-order valence-electron chi connectivity index (χ1n) is 9.70. The molecule has 28 heavy (non-hydrogen) atoms. The molecule has 3 aromatic rings. The Balaban J connectivity index is 1.38. The summed E-state index contributed by atoms with van der Waals surface area (Å²) < 4.78 is 11.6. The van der Waals surface area contributed by atoms with E-state index in [2.05, 4.69) is 16.4 Å². The number of nitrogens with one attached hydrogen (secondary N) is 1. The zero-order chi connectivity index (χ0) is 19.3. The lowest BCUT2D eigenvalue weighted by atomic mass is 10.1. The van der Waals surface area contributed by atoms with Crippen LogP contribution in [0.15, 0.2) is 54.6 Å². The summed E-state index contributed by atoms with van der Waals surface area (Å²) in [7, 11) is 0. The van der Waals surface area contributed by atoms with E-state index < -0.39 is 0 Å². The molecule has 144 valence electrons. The number of carbonyl (C=O) groups excluding carboxylic acids is 1. The first kappa shape index (κ1) is 18.3.